The van der Waals surface area contributed by atoms with E-state index in [1.807, 2.05) is 31.2 Å². The second-order valence-electron chi connectivity index (χ2n) is 7.61. The Morgan fingerprint density at radius 1 is 1.00 bits per heavy atom. The molecule has 5 nitrogen and oxygen atoms in total. The Bertz CT molecular complexity index is 1070. The molecule has 0 radical (unpaired) electrons. The van der Waals surface area contributed by atoms with Crippen molar-refractivity contribution in [1.29, 1.82) is 0 Å². The number of methoxy groups -OCH3 is 1. The summed E-state index contributed by atoms with van der Waals surface area (Å²) in [5.41, 5.74) is 3.35. The van der Waals surface area contributed by atoms with Crippen LogP contribution >= 0.6 is 0 Å². The maximum absolute atomic E-state index is 13.9. The van der Waals surface area contributed by atoms with Crippen molar-refractivity contribution in [3.8, 4) is 5.75 Å². The average molecular weight is 396 g/mol. The summed E-state index contributed by atoms with van der Waals surface area (Å²) in [6.45, 7) is 7.00. The van der Waals surface area contributed by atoms with E-state index < -0.39 is 0 Å². The summed E-state index contributed by atoms with van der Waals surface area (Å²) >= 11 is 0. The van der Waals surface area contributed by atoms with Gasteiger partial charge in [0.2, 0.25) is 0 Å². The van der Waals surface area contributed by atoms with Crippen LogP contribution in [0.1, 0.15) is 16.7 Å². The first-order chi connectivity index (χ1) is 14.0. The van der Waals surface area contributed by atoms with Gasteiger partial charge in [0.05, 0.1) is 7.11 Å². The molecule has 0 bridgehead atoms. The molecule has 1 fully saturated rings. The standard InChI is InChI=1S/C23H25FN2O3/c1-16-3-5-19-18(13-23(27)29-22(19)11-16)15-26-9-7-25(8-10-26)14-17-4-6-21(28-2)20(24)12-17/h3-6,11-13H,7-10,14-15H2,1-2H3. The number of benzene rings is 2. The topological polar surface area (TPSA) is 45.9 Å². The molecular formula is C23H25FN2O3. The zero-order valence-electron chi connectivity index (χ0n) is 16.8. The molecule has 1 saturated heterocycles. The van der Waals surface area contributed by atoms with Crippen molar-refractivity contribution in [1.82, 2.24) is 9.80 Å². The molecule has 1 aromatic heterocycles. The highest BCUT2D eigenvalue weighted by atomic mass is 19.1. The van der Waals surface area contributed by atoms with Crippen molar-refractivity contribution in [2.45, 2.75) is 20.0 Å². The quantitative estimate of drug-likeness (QED) is 0.617. The molecule has 0 saturated carbocycles. The molecule has 0 unspecified atom stereocenters. The predicted octanol–water partition coefficient (Wildman–Crippen LogP) is 3.57. The van der Waals surface area contributed by atoms with E-state index in [1.54, 1.807) is 18.2 Å². The summed E-state index contributed by atoms with van der Waals surface area (Å²) in [4.78, 5) is 16.6. The van der Waals surface area contributed by atoms with Gasteiger partial charge < -0.3 is 9.15 Å². The largest absolute Gasteiger partial charge is 0.494 e. The third-order valence-corrected chi connectivity index (χ3v) is 5.47. The lowest BCUT2D eigenvalue weighted by molar-refractivity contribution is 0.122. The minimum absolute atomic E-state index is 0.272. The van der Waals surface area contributed by atoms with Gasteiger partial charge in [-0.15, -0.1) is 0 Å². The average Bonchev–Trinajstić information content (AvgIpc) is 2.69. The molecule has 0 aliphatic carbocycles. The van der Waals surface area contributed by atoms with Gasteiger partial charge in [0.15, 0.2) is 11.6 Å². The van der Waals surface area contributed by atoms with Crippen LogP contribution in [0.25, 0.3) is 11.0 Å². The summed E-state index contributed by atoms with van der Waals surface area (Å²) in [6.07, 6.45) is 0. The highest BCUT2D eigenvalue weighted by Gasteiger charge is 2.19. The molecular weight excluding hydrogens is 371 g/mol. The van der Waals surface area contributed by atoms with E-state index in [2.05, 4.69) is 9.80 Å². The zero-order chi connectivity index (χ0) is 20.4. The molecule has 1 aliphatic heterocycles. The van der Waals surface area contributed by atoms with Crippen molar-refractivity contribution in [2.24, 2.45) is 0 Å². The SMILES string of the molecule is COc1ccc(CN2CCN(Cc3cc(=O)oc4cc(C)ccc34)CC2)cc1F. The summed E-state index contributed by atoms with van der Waals surface area (Å²) in [7, 11) is 1.47. The highest BCUT2D eigenvalue weighted by molar-refractivity contribution is 5.80. The second-order valence-corrected chi connectivity index (χ2v) is 7.61. The zero-order valence-corrected chi connectivity index (χ0v) is 16.8. The van der Waals surface area contributed by atoms with Gasteiger partial charge >= 0.3 is 5.63 Å². The van der Waals surface area contributed by atoms with Crippen molar-refractivity contribution in [3.05, 3.63) is 75.4 Å². The fourth-order valence-corrected chi connectivity index (χ4v) is 3.88. The van der Waals surface area contributed by atoms with E-state index in [4.69, 9.17) is 9.15 Å². The fourth-order valence-electron chi connectivity index (χ4n) is 3.88. The van der Waals surface area contributed by atoms with Gasteiger partial charge in [0.25, 0.3) is 0 Å². The Hall–Kier alpha value is -2.70. The van der Waals surface area contributed by atoms with Gasteiger partial charge in [0, 0.05) is 50.7 Å². The van der Waals surface area contributed by atoms with Crippen LogP contribution in [0.15, 0.2) is 51.7 Å². The summed E-state index contributed by atoms with van der Waals surface area (Å²) < 4.78 is 24.3. The Morgan fingerprint density at radius 3 is 2.41 bits per heavy atom. The first kappa shape index (κ1) is 19.6. The molecule has 1 aliphatic rings. The lowest BCUT2D eigenvalue weighted by Gasteiger charge is -2.34. The Labute approximate surface area is 169 Å². The number of halogens is 1. The van der Waals surface area contributed by atoms with Crippen LogP contribution in [0.2, 0.25) is 0 Å². The molecule has 6 heteroatoms. The number of rotatable bonds is 5. The van der Waals surface area contributed by atoms with Gasteiger partial charge in [0.1, 0.15) is 5.58 Å². The number of fused-ring (bicyclic) bond motifs is 1. The molecule has 0 amide bonds. The third-order valence-electron chi connectivity index (χ3n) is 5.47. The maximum atomic E-state index is 13.9. The maximum Gasteiger partial charge on any atom is 0.336 e. The van der Waals surface area contributed by atoms with Crippen molar-refractivity contribution in [3.63, 3.8) is 0 Å². The number of nitrogens with zero attached hydrogens (tertiary/aromatic N) is 2. The normalized spacial score (nSPS) is 15.7. The molecule has 152 valence electrons. The molecule has 0 spiro atoms. The van der Waals surface area contributed by atoms with Crippen LogP contribution in [0, 0.1) is 12.7 Å². The van der Waals surface area contributed by atoms with Gasteiger partial charge in [-0.3, -0.25) is 9.80 Å². The van der Waals surface area contributed by atoms with Crippen LogP contribution in [0.3, 0.4) is 0 Å². The molecule has 29 heavy (non-hydrogen) atoms. The lowest BCUT2D eigenvalue weighted by Crippen LogP contribution is -2.45. The van der Waals surface area contributed by atoms with Crippen LogP contribution in [-0.4, -0.2) is 43.1 Å². The van der Waals surface area contributed by atoms with Crippen molar-refractivity contribution in [2.75, 3.05) is 33.3 Å². The molecule has 2 heterocycles. The number of piperazine rings is 1. The van der Waals surface area contributed by atoms with E-state index >= 15 is 0 Å². The highest BCUT2D eigenvalue weighted by Crippen LogP contribution is 2.22. The van der Waals surface area contributed by atoms with Gasteiger partial charge in [-0.1, -0.05) is 18.2 Å². The molecule has 0 N–H and O–H groups in total. The summed E-state index contributed by atoms with van der Waals surface area (Å²) in [5, 5.41) is 0.992. The first-order valence-corrected chi connectivity index (χ1v) is 9.82. The van der Waals surface area contributed by atoms with Crippen LogP contribution in [-0.2, 0) is 13.1 Å². The van der Waals surface area contributed by atoms with Gasteiger partial charge in [-0.25, -0.2) is 9.18 Å². The fraction of sp³-hybridized carbons (Fsp3) is 0.348. The minimum atomic E-state index is -0.325. The molecule has 0 atom stereocenters. The monoisotopic (exact) mass is 396 g/mol. The number of ether oxygens (including phenoxy) is 1. The van der Waals surface area contributed by atoms with Crippen molar-refractivity contribution >= 4 is 11.0 Å². The Kier molecular flexibility index (Phi) is 5.65. The van der Waals surface area contributed by atoms with Crippen molar-refractivity contribution < 1.29 is 13.5 Å². The van der Waals surface area contributed by atoms with Gasteiger partial charge in [-0.05, 0) is 41.8 Å². The summed E-state index contributed by atoms with van der Waals surface area (Å²) in [5.74, 6) is -0.0537. The molecule has 2 aromatic carbocycles. The van der Waals surface area contributed by atoms with E-state index in [-0.39, 0.29) is 17.2 Å². The smallest absolute Gasteiger partial charge is 0.336 e. The summed E-state index contributed by atoms with van der Waals surface area (Å²) in [6, 6.07) is 12.7. The van der Waals surface area contributed by atoms with E-state index in [1.165, 1.54) is 7.11 Å². The third kappa shape index (κ3) is 4.49. The Morgan fingerprint density at radius 2 is 1.72 bits per heavy atom. The predicted molar refractivity (Wildman–Crippen MR) is 111 cm³/mol. The number of hydrogen-bond donors (Lipinski definition) is 0. The van der Waals surface area contributed by atoms with E-state index in [0.29, 0.717) is 12.1 Å². The number of aryl methyl sites for hydroxylation is 1. The first-order valence-electron chi connectivity index (χ1n) is 9.82. The van der Waals surface area contributed by atoms with E-state index in [0.717, 1.165) is 54.8 Å². The van der Waals surface area contributed by atoms with Gasteiger partial charge in [-0.2, -0.15) is 0 Å². The number of hydrogen-bond acceptors (Lipinski definition) is 5. The lowest BCUT2D eigenvalue weighted by atomic mass is 10.1. The molecule has 3 aromatic rings. The second kappa shape index (κ2) is 8.35. The van der Waals surface area contributed by atoms with Crippen LogP contribution < -0.4 is 10.4 Å². The van der Waals surface area contributed by atoms with Crippen LogP contribution in [0.5, 0.6) is 5.75 Å². The van der Waals surface area contributed by atoms with Crippen LogP contribution in [0.4, 0.5) is 4.39 Å². The molecule has 4 rings (SSSR count). The minimum Gasteiger partial charge on any atom is -0.494 e. The van der Waals surface area contributed by atoms with E-state index in [9.17, 15) is 9.18 Å². The Balaban J connectivity index is 1.40.